The molecule has 0 fully saturated rings. The van der Waals surface area contributed by atoms with Crippen LogP contribution in [-0.2, 0) is 10.8 Å². The molecule has 1 aromatic carbocycles. The fraction of sp³-hybridized carbons (Fsp3) is 0.647. The van der Waals surface area contributed by atoms with Crippen LogP contribution in [0.15, 0.2) is 18.2 Å². The van der Waals surface area contributed by atoms with Gasteiger partial charge < -0.3 is 5.32 Å². The summed E-state index contributed by atoms with van der Waals surface area (Å²) in [7, 11) is 0. The predicted molar refractivity (Wildman–Crippen MR) is 82.6 cm³/mol. The van der Waals surface area contributed by atoms with E-state index in [4.69, 9.17) is 0 Å². The second kappa shape index (κ2) is 4.95. The van der Waals surface area contributed by atoms with E-state index in [0.29, 0.717) is 6.04 Å². The summed E-state index contributed by atoms with van der Waals surface area (Å²) in [6.45, 7) is 18.1. The standard InChI is InChI=1S/C17H29N/c1-12(2)18-13-9-10-14(16(3,4)5)15(11-13)17(6,7)8/h9-12,18H,1-8H3. The van der Waals surface area contributed by atoms with Crippen molar-refractivity contribution in [2.24, 2.45) is 0 Å². The van der Waals surface area contributed by atoms with Crippen molar-refractivity contribution < 1.29 is 0 Å². The molecule has 0 atom stereocenters. The maximum absolute atomic E-state index is 3.50. The van der Waals surface area contributed by atoms with Gasteiger partial charge in [-0.15, -0.1) is 0 Å². The van der Waals surface area contributed by atoms with E-state index in [1.54, 1.807) is 0 Å². The number of rotatable bonds is 2. The molecule has 1 heteroatoms. The van der Waals surface area contributed by atoms with Crippen LogP contribution in [0.3, 0.4) is 0 Å². The molecule has 0 aliphatic heterocycles. The van der Waals surface area contributed by atoms with Crippen LogP contribution in [0.2, 0.25) is 0 Å². The van der Waals surface area contributed by atoms with E-state index in [2.05, 4.69) is 78.9 Å². The molecule has 0 saturated heterocycles. The van der Waals surface area contributed by atoms with Gasteiger partial charge in [-0.2, -0.15) is 0 Å². The van der Waals surface area contributed by atoms with E-state index in [1.807, 2.05) is 0 Å². The van der Waals surface area contributed by atoms with Crippen molar-refractivity contribution >= 4 is 5.69 Å². The summed E-state index contributed by atoms with van der Waals surface area (Å²) >= 11 is 0. The van der Waals surface area contributed by atoms with Crippen LogP contribution in [0.1, 0.15) is 66.5 Å². The molecular weight excluding hydrogens is 218 g/mol. The summed E-state index contributed by atoms with van der Waals surface area (Å²) in [6, 6.07) is 7.28. The van der Waals surface area contributed by atoms with Crippen LogP contribution in [0, 0.1) is 0 Å². The molecule has 1 N–H and O–H groups in total. The lowest BCUT2D eigenvalue weighted by molar-refractivity contribution is 0.530. The van der Waals surface area contributed by atoms with Crippen molar-refractivity contribution in [2.45, 2.75) is 72.3 Å². The third-order valence-electron chi connectivity index (χ3n) is 3.09. The van der Waals surface area contributed by atoms with Crippen molar-refractivity contribution in [1.29, 1.82) is 0 Å². The van der Waals surface area contributed by atoms with Crippen LogP contribution < -0.4 is 5.32 Å². The van der Waals surface area contributed by atoms with Crippen LogP contribution in [-0.4, -0.2) is 6.04 Å². The Morgan fingerprint density at radius 2 is 1.33 bits per heavy atom. The summed E-state index contributed by atoms with van der Waals surface area (Å²) in [4.78, 5) is 0. The van der Waals surface area contributed by atoms with Crippen molar-refractivity contribution in [3.63, 3.8) is 0 Å². The van der Waals surface area contributed by atoms with Gasteiger partial charge in [0, 0.05) is 11.7 Å². The number of hydrogen-bond donors (Lipinski definition) is 1. The van der Waals surface area contributed by atoms with Gasteiger partial charge in [0.05, 0.1) is 0 Å². The second-order valence-electron chi connectivity index (χ2n) is 7.56. The molecule has 0 radical (unpaired) electrons. The van der Waals surface area contributed by atoms with Crippen LogP contribution in [0.5, 0.6) is 0 Å². The summed E-state index contributed by atoms with van der Waals surface area (Å²) in [6.07, 6.45) is 0. The Kier molecular flexibility index (Phi) is 4.15. The van der Waals surface area contributed by atoms with E-state index in [1.165, 1.54) is 16.8 Å². The molecule has 0 spiro atoms. The van der Waals surface area contributed by atoms with Gasteiger partial charge in [0.25, 0.3) is 0 Å². The van der Waals surface area contributed by atoms with Crippen molar-refractivity contribution in [1.82, 2.24) is 0 Å². The Hall–Kier alpha value is -0.980. The highest BCUT2D eigenvalue weighted by Crippen LogP contribution is 2.35. The van der Waals surface area contributed by atoms with Crippen molar-refractivity contribution in [3.05, 3.63) is 29.3 Å². The molecule has 0 saturated carbocycles. The molecule has 1 aromatic rings. The first-order chi connectivity index (χ1) is 8.01. The maximum atomic E-state index is 3.50. The molecule has 0 heterocycles. The van der Waals surface area contributed by atoms with Gasteiger partial charge in [-0.3, -0.25) is 0 Å². The van der Waals surface area contributed by atoms with E-state index in [9.17, 15) is 0 Å². The van der Waals surface area contributed by atoms with E-state index in [-0.39, 0.29) is 10.8 Å². The highest BCUT2D eigenvalue weighted by Gasteiger charge is 2.25. The number of hydrogen-bond acceptors (Lipinski definition) is 1. The summed E-state index contributed by atoms with van der Waals surface area (Å²) < 4.78 is 0. The van der Waals surface area contributed by atoms with Gasteiger partial charge in [0.1, 0.15) is 0 Å². The van der Waals surface area contributed by atoms with Gasteiger partial charge in [-0.05, 0) is 47.9 Å². The topological polar surface area (TPSA) is 12.0 Å². The zero-order valence-corrected chi connectivity index (χ0v) is 13.3. The fourth-order valence-electron chi connectivity index (χ4n) is 2.24. The smallest absolute Gasteiger partial charge is 0.0345 e. The SMILES string of the molecule is CC(C)Nc1ccc(C(C)(C)C)c(C(C)(C)C)c1. The lowest BCUT2D eigenvalue weighted by atomic mass is 9.75. The molecule has 18 heavy (non-hydrogen) atoms. The van der Waals surface area contributed by atoms with Crippen molar-refractivity contribution in [2.75, 3.05) is 5.32 Å². The zero-order valence-electron chi connectivity index (χ0n) is 13.3. The van der Waals surface area contributed by atoms with Gasteiger partial charge in [0.2, 0.25) is 0 Å². The van der Waals surface area contributed by atoms with Crippen molar-refractivity contribution in [3.8, 4) is 0 Å². The highest BCUT2D eigenvalue weighted by molar-refractivity contribution is 5.52. The van der Waals surface area contributed by atoms with Gasteiger partial charge in [0.15, 0.2) is 0 Å². The summed E-state index contributed by atoms with van der Waals surface area (Å²) in [5.74, 6) is 0. The zero-order chi connectivity index (χ0) is 14.1. The van der Waals surface area contributed by atoms with E-state index >= 15 is 0 Å². The summed E-state index contributed by atoms with van der Waals surface area (Å²) in [5, 5.41) is 3.50. The van der Waals surface area contributed by atoms with E-state index < -0.39 is 0 Å². The fourth-order valence-corrected chi connectivity index (χ4v) is 2.24. The normalized spacial score (nSPS) is 12.9. The molecule has 0 aromatic heterocycles. The molecule has 0 unspecified atom stereocenters. The largest absolute Gasteiger partial charge is 0.383 e. The minimum atomic E-state index is 0.178. The average molecular weight is 247 g/mol. The number of anilines is 1. The average Bonchev–Trinajstić information content (AvgIpc) is 2.13. The van der Waals surface area contributed by atoms with Crippen LogP contribution in [0.4, 0.5) is 5.69 Å². The molecule has 0 aliphatic rings. The Morgan fingerprint density at radius 1 is 0.833 bits per heavy atom. The molecular formula is C17H29N. The first-order valence-corrected chi connectivity index (χ1v) is 6.93. The van der Waals surface area contributed by atoms with Crippen LogP contribution in [0.25, 0.3) is 0 Å². The monoisotopic (exact) mass is 247 g/mol. The Morgan fingerprint density at radius 3 is 1.72 bits per heavy atom. The Bertz CT molecular complexity index is 403. The second-order valence-corrected chi connectivity index (χ2v) is 7.56. The molecule has 1 nitrogen and oxygen atoms in total. The highest BCUT2D eigenvalue weighted by atomic mass is 14.9. The Labute approximate surface area is 113 Å². The predicted octanol–water partition coefficient (Wildman–Crippen LogP) is 5.10. The van der Waals surface area contributed by atoms with Crippen LogP contribution >= 0.6 is 0 Å². The minimum Gasteiger partial charge on any atom is -0.383 e. The molecule has 1 rings (SSSR count). The van der Waals surface area contributed by atoms with Gasteiger partial charge in [-0.25, -0.2) is 0 Å². The number of nitrogens with one attached hydrogen (secondary N) is 1. The summed E-state index contributed by atoms with van der Waals surface area (Å²) in [5.41, 5.74) is 4.49. The molecule has 0 amide bonds. The third kappa shape index (κ3) is 3.76. The Balaban J connectivity index is 3.31. The molecule has 0 aliphatic carbocycles. The third-order valence-corrected chi connectivity index (χ3v) is 3.09. The molecule has 0 bridgehead atoms. The van der Waals surface area contributed by atoms with E-state index in [0.717, 1.165) is 0 Å². The van der Waals surface area contributed by atoms with Gasteiger partial charge >= 0.3 is 0 Å². The maximum Gasteiger partial charge on any atom is 0.0345 e. The lowest BCUT2D eigenvalue weighted by Gasteiger charge is -2.31. The number of benzene rings is 1. The quantitative estimate of drug-likeness (QED) is 0.766. The van der Waals surface area contributed by atoms with Gasteiger partial charge in [-0.1, -0.05) is 47.6 Å². The lowest BCUT2D eigenvalue weighted by Crippen LogP contribution is -2.22. The first-order valence-electron chi connectivity index (χ1n) is 6.93. The molecule has 102 valence electrons. The minimum absolute atomic E-state index is 0.178. The first kappa shape index (κ1) is 15.1.